The van der Waals surface area contributed by atoms with Crippen LogP contribution < -0.4 is 15.4 Å². The summed E-state index contributed by atoms with van der Waals surface area (Å²) >= 11 is 0. The summed E-state index contributed by atoms with van der Waals surface area (Å²) in [4.78, 5) is 21.7. The predicted molar refractivity (Wildman–Crippen MR) is 70.0 cm³/mol. The standard InChI is InChI=1S/C12H17N3O4/c1-13-6-5-12(16)14-8-9-7-10(15(17)18)3-4-11(9)19-2/h3-4,7,13H,5-6,8H2,1-2H3,(H,14,16). The number of amides is 1. The molecule has 7 heteroatoms. The number of ether oxygens (including phenoxy) is 1. The van der Waals surface area contributed by atoms with Gasteiger partial charge in [-0.3, -0.25) is 14.9 Å². The summed E-state index contributed by atoms with van der Waals surface area (Å²) in [6.45, 7) is 0.783. The van der Waals surface area contributed by atoms with Crippen LogP contribution in [0, 0.1) is 10.1 Å². The van der Waals surface area contributed by atoms with Gasteiger partial charge in [-0.15, -0.1) is 0 Å². The molecule has 2 N–H and O–H groups in total. The average molecular weight is 267 g/mol. The Kier molecular flexibility index (Phi) is 5.74. The zero-order valence-electron chi connectivity index (χ0n) is 10.9. The van der Waals surface area contributed by atoms with Gasteiger partial charge in [0, 0.05) is 37.2 Å². The van der Waals surface area contributed by atoms with E-state index in [-0.39, 0.29) is 18.1 Å². The van der Waals surface area contributed by atoms with Crippen molar-refractivity contribution in [1.82, 2.24) is 10.6 Å². The van der Waals surface area contributed by atoms with Gasteiger partial charge in [0.05, 0.1) is 12.0 Å². The number of nitrogens with zero attached hydrogens (tertiary/aromatic N) is 1. The molecule has 1 rings (SSSR count). The lowest BCUT2D eigenvalue weighted by molar-refractivity contribution is -0.384. The van der Waals surface area contributed by atoms with E-state index in [2.05, 4.69) is 10.6 Å². The molecule has 19 heavy (non-hydrogen) atoms. The van der Waals surface area contributed by atoms with Crippen LogP contribution >= 0.6 is 0 Å². The van der Waals surface area contributed by atoms with Crippen molar-refractivity contribution in [1.29, 1.82) is 0 Å². The van der Waals surface area contributed by atoms with Crippen LogP contribution in [0.1, 0.15) is 12.0 Å². The van der Waals surface area contributed by atoms with Crippen LogP contribution in [0.25, 0.3) is 0 Å². The van der Waals surface area contributed by atoms with Crippen LogP contribution in [0.15, 0.2) is 18.2 Å². The molecule has 0 aliphatic heterocycles. The number of non-ortho nitro benzene ring substituents is 1. The highest BCUT2D eigenvalue weighted by Crippen LogP contribution is 2.23. The molecular weight excluding hydrogens is 250 g/mol. The number of nitro groups is 1. The number of hydrogen-bond acceptors (Lipinski definition) is 5. The van der Waals surface area contributed by atoms with E-state index in [1.165, 1.54) is 25.3 Å². The molecule has 1 amide bonds. The fourth-order valence-corrected chi connectivity index (χ4v) is 1.54. The van der Waals surface area contributed by atoms with Gasteiger partial charge in [-0.05, 0) is 13.1 Å². The summed E-state index contributed by atoms with van der Waals surface area (Å²) in [5.74, 6) is 0.391. The number of methoxy groups -OCH3 is 1. The number of rotatable bonds is 7. The molecule has 1 aromatic carbocycles. The number of nitro benzene ring substituents is 1. The van der Waals surface area contributed by atoms with Crippen molar-refractivity contribution >= 4 is 11.6 Å². The lowest BCUT2D eigenvalue weighted by atomic mass is 10.1. The predicted octanol–water partition coefficient (Wildman–Crippen LogP) is 0.829. The third-order valence-electron chi connectivity index (χ3n) is 2.55. The van der Waals surface area contributed by atoms with E-state index in [4.69, 9.17) is 4.74 Å². The van der Waals surface area contributed by atoms with E-state index in [9.17, 15) is 14.9 Å². The highest BCUT2D eigenvalue weighted by molar-refractivity contribution is 5.76. The maximum atomic E-state index is 11.5. The first-order chi connectivity index (χ1) is 9.08. The first-order valence-corrected chi connectivity index (χ1v) is 5.81. The minimum atomic E-state index is -0.480. The molecule has 0 spiro atoms. The molecule has 104 valence electrons. The molecule has 0 aliphatic carbocycles. The topological polar surface area (TPSA) is 93.5 Å². The maximum absolute atomic E-state index is 11.5. The maximum Gasteiger partial charge on any atom is 0.270 e. The molecule has 0 radical (unpaired) electrons. The zero-order valence-corrected chi connectivity index (χ0v) is 10.9. The molecule has 0 heterocycles. The second-order valence-electron chi connectivity index (χ2n) is 3.88. The molecule has 7 nitrogen and oxygen atoms in total. The minimum absolute atomic E-state index is 0.0275. The number of hydrogen-bond donors (Lipinski definition) is 2. The Morgan fingerprint density at radius 3 is 2.79 bits per heavy atom. The SMILES string of the molecule is CNCCC(=O)NCc1cc([N+](=O)[O-])ccc1OC. The second-order valence-corrected chi connectivity index (χ2v) is 3.88. The Morgan fingerprint density at radius 2 is 2.21 bits per heavy atom. The third kappa shape index (κ3) is 4.55. The Bertz CT molecular complexity index is 462. The molecule has 0 atom stereocenters. The molecular formula is C12H17N3O4. The Labute approximate surface area is 111 Å². The van der Waals surface area contributed by atoms with Crippen LogP contribution in [-0.4, -0.2) is 31.5 Å². The zero-order chi connectivity index (χ0) is 14.3. The highest BCUT2D eigenvalue weighted by atomic mass is 16.6. The molecule has 0 saturated carbocycles. The van der Waals surface area contributed by atoms with Gasteiger partial charge in [-0.25, -0.2) is 0 Å². The minimum Gasteiger partial charge on any atom is -0.496 e. The van der Waals surface area contributed by atoms with Gasteiger partial charge >= 0.3 is 0 Å². The third-order valence-corrected chi connectivity index (χ3v) is 2.55. The van der Waals surface area contributed by atoms with Crippen LogP contribution in [0.3, 0.4) is 0 Å². The van der Waals surface area contributed by atoms with Gasteiger partial charge in [0.2, 0.25) is 5.91 Å². The van der Waals surface area contributed by atoms with Gasteiger partial charge in [-0.2, -0.15) is 0 Å². The van der Waals surface area contributed by atoms with Crippen molar-refractivity contribution in [3.63, 3.8) is 0 Å². The number of nitrogens with one attached hydrogen (secondary N) is 2. The molecule has 0 unspecified atom stereocenters. The van der Waals surface area contributed by atoms with Crippen molar-refractivity contribution in [2.45, 2.75) is 13.0 Å². The lowest BCUT2D eigenvalue weighted by Gasteiger charge is -2.09. The van der Waals surface area contributed by atoms with Crippen molar-refractivity contribution in [2.75, 3.05) is 20.7 Å². The molecule has 0 fully saturated rings. The van der Waals surface area contributed by atoms with E-state index in [0.717, 1.165) is 0 Å². The Hall–Kier alpha value is -2.15. The summed E-state index contributed by atoms with van der Waals surface area (Å²) in [6, 6.07) is 4.29. The van der Waals surface area contributed by atoms with Crippen LogP contribution in [0.4, 0.5) is 5.69 Å². The van der Waals surface area contributed by atoms with E-state index >= 15 is 0 Å². The normalized spacial score (nSPS) is 10.0. The van der Waals surface area contributed by atoms with Crippen molar-refractivity contribution < 1.29 is 14.5 Å². The summed E-state index contributed by atoms with van der Waals surface area (Å²) < 4.78 is 5.11. The van der Waals surface area contributed by atoms with E-state index < -0.39 is 4.92 Å². The van der Waals surface area contributed by atoms with Crippen molar-refractivity contribution in [3.8, 4) is 5.75 Å². The van der Waals surface area contributed by atoms with Crippen molar-refractivity contribution in [3.05, 3.63) is 33.9 Å². The van der Waals surface area contributed by atoms with Gasteiger partial charge < -0.3 is 15.4 Å². The summed E-state index contributed by atoms with van der Waals surface area (Å²) in [7, 11) is 3.24. The first kappa shape index (κ1) is 14.9. The van der Waals surface area contributed by atoms with E-state index in [1.807, 2.05) is 0 Å². The fraction of sp³-hybridized carbons (Fsp3) is 0.417. The fourth-order valence-electron chi connectivity index (χ4n) is 1.54. The Balaban J connectivity index is 2.72. The highest BCUT2D eigenvalue weighted by Gasteiger charge is 2.12. The quantitative estimate of drug-likeness (QED) is 0.563. The summed E-state index contributed by atoms with van der Waals surface area (Å²) in [5.41, 5.74) is 0.551. The van der Waals surface area contributed by atoms with Gasteiger partial charge in [0.25, 0.3) is 5.69 Å². The van der Waals surface area contributed by atoms with Gasteiger partial charge in [-0.1, -0.05) is 0 Å². The van der Waals surface area contributed by atoms with Crippen LogP contribution in [-0.2, 0) is 11.3 Å². The molecule has 1 aromatic rings. The van der Waals surface area contributed by atoms with Gasteiger partial charge in [0.1, 0.15) is 5.75 Å². The van der Waals surface area contributed by atoms with Crippen LogP contribution in [0.2, 0.25) is 0 Å². The summed E-state index contributed by atoms with van der Waals surface area (Å²) in [5, 5.41) is 16.3. The number of carbonyl (C=O) groups excluding carboxylic acids is 1. The Morgan fingerprint density at radius 1 is 1.47 bits per heavy atom. The molecule has 0 saturated heterocycles. The van der Waals surface area contributed by atoms with E-state index in [1.54, 1.807) is 7.05 Å². The number of carbonyl (C=O) groups is 1. The largest absolute Gasteiger partial charge is 0.496 e. The molecule has 0 aliphatic rings. The van der Waals surface area contributed by atoms with Gasteiger partial charge in [0.15, 0.2) is 0 Å². The van der Waals surface area contributed by atoms with Crippen LogP contribution in [0.5, 0.6) is 5.75 Å². The molecule has 0 bridgehead atoms. The van der Waals surface area contributed by atoms with E-state index in [0.29, 0.717) is 24.3 Å². The number of benzene rings is 1. The monoisotopic (exact) mass is 267 g/mol. The first-order valence-electron chi connectivity index (χ1n) is 5.81. The average Bonchev–Trinajstić information content (AvgIpc) is 2.42. The van der Waals surface area contributed by atoms with Crippen molar-refractivity contribution in [2.24, 2.45) is 0 Å². The molecule has 0 aromatic heterocycles. The summed E-state index contributed by atoms with van der Waals surface area (Å²) in [6.07, 6.45) is 0.355. The smallest absolute Gasteiger partial charge is 0.270 e. The second kappa shape index (κ2) is 7.32. The lowest BCUT2D eigenvalue weighted by Crippen LogP contribution is -2.26.